The predicted octanol–water partition coefficient (Wildman–Crippen LogP) is 6.33. The Morgan fingerprint density at radius 2 is 1.50 bits per heavy atom. The highest BCUT2D eigenvalue weighted by molar-refractivity contribution is 6.30. The normalized spacial score (nSPS) is 29.2. The zero-order valence-electron chi connectivity index (χ0n) is 13.6. The molecule has 0 saturated heterocycles. The maximum Gasteiger partial charge on any atom is 0.0816 e. The average molecular weight is 319 g/mol. The van der Waals surface area contributed by atoms with Crippen LogP contribution >= 0.6 is 11.6 Å². The third kappa shape index (κ3) is 3.87. The first kappa shape index (κ1) is 15.9. The fourth-order valence-corrected chi connectivity index (χ4v) is 4.55. The molecular weight excluding hydrogens is 292 g/mol. The van der Waals surface area contributed by atoms with Crippen LogP contribution in [0.4, 0.5) is 0 Å². The summed E-state index contributed by atoms with van der Waals surface area (Å²) in [5.74, 6) is 2.65. The van der Waals surface area contributed by atoms with Gasteiger partial charge in [-0.1, -0.05) is 23.7 Å². The SMILES string of the molecule is COC=C1CCC(C2CCC(c3ccc(Cl)cc3)CC2)CC1. The fourth-order valence-electron chi connectivity index (χ4n) is 4.43. The van der Waals surface area contributed by atoms with Crippen LogP contribution in [0.1, 0.15) is 62.8 Å². The molecule has 1 aromatic carbocycles. The number of rotatable bonds is 3. The van der Waals surface area contributed by atoms with Crippen LogP contribution in [0.3, 0.4) is 0 Å². The lowest BCUT2D eigenvalue weighted by molar-refractivity contribution is 0.197. The number of halogens is 1. The van der Waals surface area contributed by atoms with Crippen LogP contribution in [-0.2, 0) is 4.74 Å². The molecule has 0 heterocycles. The summed E-state index contributed by atoms with van der Waals surface area (Å²) >= 11 is 6.00. The molecule has 2 fully saturated rings. The van der Waals surface area contributed by atoms with E-state index in [1.165, 1.54) is 62.5 Å². The van der Waals surface area contributed by atoms with E-state index in [1.54, 1.807) is 7.11 Å². The third-order valence-electron chi connectivity index (χ3n) is 5.74. The van der Waals surface area contributed by atoms with Crippen molar-refractivity contribution in [1.82, 2.24) is 0 Å². The Bertz CT molecular complexity index is 487. The number of methoxy groups -OCH3 is 1. The molecule has 3 rings (SSSR count). The van der Waals surface area contributed by atoms with E-state index in [0.717, 1.165) is 22.8 Å². The van der Waals surface area contributed by atoms with E-state index >= 15 is 0 Å². The van der Waals surface area contributed by atoms with Crippen molar-refractivity contribution in [1.29, 1.82) is 0 Å². The van der Waals surface area contributed by atoms with Crippen LogP contribution in [0, 0.1) is 11.8 Å². The van der Waals surface area contributed by atoms with Crippen molar-refractivity contribution in [2.24, 2.45) is 11.8 Å². The summed E-state index contributed by atoms with van der Waals surface area (Å²) < 4.78 is 5.16. The Labute approximate surface area is 139 Å². The van der Waals surface area contributed by atoms with E-state index in [9.17, 15) is 0 Å². The molecule has 0 amide bonds. The Kier molecular flexibility index (Phi) is 5.46. The zero-order valence-corrected chi connectivity index (χ0v) is 14.3. The molecule has 0 aliphatic heterocycles. The lowest BCUT2D eigenvalue weighted by Crippen LogP contribution is -2.23. The van der Waals surface area contributed by atoms with Crippen molar-refractivity contribution in [2.75, 3.05) is 7.11 Å². The maximum atomic E-state index is 6.00. The highest BCUT2D eigenvalue weighted by Gasteiger charge is 2.29. The predicted molar refractivity (Wildman–Crippen MR) is 93.2 cm³/mol. The van der Waals surface area contributed by atoms with Gasteiger partial charge in [-0.2, -0.15) is 0 Å². The largest absolute Gasteiger partial charge is 0.504 e. The summed E-state index contributed by atoms with van der Waals surface area (Å²) in [4.78, 5) is 0. The molecule has 22 heavy (non-hydrogen) atoms. The molecule has 0 unspecified atom stereocenters. The van der Waals surface area contributed by atoms with Gasteiger partial charge in [-0.3, -0.25) is 0 Å². The van der Waals surface area contributed by atoms with E-state index in [2.05, 4.69) is 12.1 Å². The molecule has 0 radical (unpaired) electrons. The topological polar surface area (TPSA) is 9.23 Å². The fraction of sp³-hybridized carbons (Fsp3) is 0.600. The molecule has 2 heteroatoms. The van der Waals surface area contributed by atoms with Gasteiger partial charge >= 0.3 is 0 Å². The van der Waals surface area contributed by atoms with Gasteiger partial charge in [0.2, 0.25) is 0 Å². The highest BCUT2D eigenvalue weighted by atomic mass is 35.5. The second-order valence-corrected chi connectivity index (χ2v) is 7.45. The van der Waals surface area contributed by atoms with Gasteiger partial charge in [0.25, 0.3) is 0 Å². The third-order valence-corrected chi connectivity index (χ3v) is 5.99. The molecule has 2 aliphatic carbocycles. The first-order valence-corrected chi connectivity index (χ1v) is 9.10. The van der Waals surface area contributed by atoms with E-state index < -0.39 is 0 Å². The van der Waals surface area contributed by atoms with Crippen LogP contribution in [0.2, 0.25) is 5.02 Å². The van der Waals surface area contributed by atoms with Crippen molar-refractivity contribution < 1.29 is 4.74 Å². The quantitative estimate of drug-likeness (QED) is 0.591. The lowest BCUT2D eigenvalue weighted by Gasteiger charge is -2.36. The molecule has 0 spiro atoms. The molecule has 1 aromatic rings. The smallest absolute Gasteiger partial charge is 0.0816 e. The number of allylic oxidation sites excluding steroid dienone is 1. The molecule has 0 bridgehead atoms. The van der Waals surface area contributed by atoms with Crippen molar-refractivity contribution in [3.63, 3.8) is 0 Å². The summed E-state index contributed by atoms with van der Waals surface area (Å²) in [7, 11) is 1.76. The summed E-state index contributed by atoms with van der Waals surface area (Å²) in [5, 5.41) is 0.847. The summed E-state index contributed by atoms with van der Waals surface area (Å²) in [6.45, 7) is 0. The Balaban J connectivity index is 1.50. The second-order valence-electron chi connectivity index (χ2n) is 7.01. The maximum absolute atomic E-state index is 6.00. The summed E-state index contributed by atoms with van der Waals surface area (Å²) in [6, 6.07) is 8.51. The summed E-state index contributed by atoms with van der Waals surface area (Å²) in [5.41, 5.74) is 2.99. The van der Waals surface area contributed by atoms with Crippen LogP contribution in [0.15, 0.2) is 36.1 Å². The first-order chi connectivity index (χ1) is 10.8. The van der Waals surface area contributed by atoms with Crippen LogP contribution < -0.4 is 0 Å². The van der Waals surface area contributed by atoms with Crippen molar-refractivity contribution in [3.05, 3.63) is 46.7 Å². The van der Waals surface area contributed by atoms with E-state index in [1.807, 2.05) is 18.4 Å². The molecule has 0 N–H and O–H groups in total. The van der Waals surface area contributed by atoms with Gasteiger partial charge in [0.1, 0.15) is 0 Å². The number of hydrogen-bond donors (Lipinski definition) is 0. The minimum absolute atomic E-state index is 0.751. The first-order valence-electron chi connectivity index (χ1n) is 8.72. The van der Waals surface area contributed by atoms with Gasteiger partial charge in [-0.05, 0) is 92.4 Å². The van der Waals surface area contributed by atoms with Crippen LogP contribution in [0.5, 0.6) is 0 Å². The van der Waals surface area contributed by atoms with Gasteiger partial charge in [0, 0.05) is 5.02 Å². The number of ether oxygens (including phenoxy) is 1. The molecule has 2 aliphatic rings. The summed E-state index contributed by atoms with van der Waals surface area (Å²) in [6.07, 6.45) is 12.7. The Morgan fingerprint density at radius 1 is 0.909 bits per heavy atom. The van der Waals surface area contributed by atoms with Crippen molar-refractivity contribution in [3.8, 4) is 0 Å². The van der Waals surface area contributed by atoms with Crippen molar-refractivity contribution >= 4 is 11.6 Å². The van der Waals surface area contributed by atoms with E-state index in [4.69, 9.17) is 16.3 Å². The molecule has 120 valence electrons. The van der Waals surface area contributed by atoms with E-state index in [-0.39, 0.29) is 0 Å². The van der Waals surface area contributed by atoms with Gasteiger partial charge in [-0.15, -0.1) is 0 Å². The van der Waals surface area contributed by atoms with Crippen molar-refractivity contribution in [2.45, 2.75) is 57.3 Å². The standard InChI is InChI=1S/C20H27ClO/c1-22-14-15-2-4-16(5-3-15)17-6-8-18(9-7-17)19-10-12-20(21)13-11-19/h10-14,16-18H,2-9H2,1H3. The van der Waals surface area contributed by atoms with Gasteiger partial charge in [0.15, 0.2) is 0 Å². The monoisotopic (exact) mass is 318 g/mol. The zero-order chi connectivity index (χ0) is 15.4. The van der Waals surface area contributed by atoms with Gasteiger partial charge < -0.3 is 4.74 Å². The van der Waals surface area contributed by atoms with Crippen LogP contribution in [0.25, 0.3) is 0 Å². The second kappa shape index (κ2) is 7.55. The number of hydrogen-bond acceptors (Lipinski definition) is 1. The molecule has 1 nitrogen and oxygen atoms in total. The molecule has 0 aromatic heterocycles. The van der Waals surface area contributed by atoms with E-state index in [0.29, 0.717) is 0 Å². The molecule has 0 atom stereocenters. The molecular formula is C20H27ClO. The van der Waals surface area contributed by atoms with Gasteiger partial charge in [-0.25, -0.2) is 0 Å². The van der Waals surface area contributed by atoms with Crippen LogP contribution in [-0.4, -0.2) is 7.11 Å². The minimum Gasteiger partial charge on any atom is -0.504 e. The highest BCUT2D eigenvalue weighted by Crippen LogP contribution is 2.43. The Hall–Kier alpha value is -0.950. The molecule has 2 saturated carbocycles. The number of benzene rings is 1. The Morgan fingerprint density at radius 3 is 2.09 bits per heavy atom. The average Bonchev–Trinajstić information content (AvgIpc) is 2.57. The van der Waals surface area contributed by atoms with Gasteiger partial charge in [0.05, 0.1) is 13.4 Å². The minimum atomic E-state index is 0.751. The lowest BCUT2D eigenvalue weighted by atomic mass is 9.69.